The van der Waals surface area contributed by atoms with Crippen molar-refractivity contribution < 1.29 is 22.0 Å². The first-order valence-corrected chi connectivity index (χ1v) is 17.6. The van der Waals surface area contributed by atoms with Crippen LogP contribution in [-0.4, -0.2) is 61.4 Å². The van der Waals surface area contributed by atoms with E-state index >= 15 is 0 Å². The average Bonchev–Trinajstić information content (AvgIpc) is 3.06. The van der Waals surface area contributed by atoms with Crippen molar-refractivity contribution in [3.63, 3.8) is 0 Å². The van der Waals surface area contributed by atoms with Gasteiger partial charge in [-0.3, -0.25) is 4.79 Å². The van der Waals surface area contributed by atoms with Crippen LogP contribution < -0.4 is 10.6 Å². The first-order valence-electron chi connectivity index (χ1n) is 16.2. The molecule has 0 saturated carbocycles. The highest BCUT2D eigenvalue weighted by Gasteiger charge is 2.37. The molecule has 0 unspecified atom stereocenters. The summed E-state index contributed by atoms with van der Waals surface area (Å²) in [6.45, 7) is 5.96. The van der Waals surface area contributed by atoms with Gasteiger partial charge in [-0.15, -0.1) is 0 Å². The molecule has 1 fully saturated rings. The Morgan fingerprint density at radius 3 is 2.49 bits per heavy atom. The van der Waals surface area contributed by atoms with E-state index in [4.69, 9.17) is 5.41 Å². The van der Waals surface area contributed by atoms with Crippen LogP contribution in [0.3, 0.4) is 0 Å². The molecule has 3 aromatic rings. The topological polar surface area (TPSA) is 106 Å². The SMILES string of the molecule is CC/C(CC[C@H]1CNCCN1S(=O)(=O)N1CCc2ccccc2C1)=C(\C=N)NC(=O)C[C@@H](c1ccc(F)cc1)c1cc(C)cc(F)c1. The van der Waals surface area contributed by atoms with Crippen LogP contribution in [0.4, 0.5) is 8.78 Å². The minimum Gasteiger partial charge on any atom is -0.325 e. The van der Waals surface area contributed by atoms with Crippen LogP contribution >= 0.6 is 0 Å². The molecule has 0 radical (unpaired) electrons. The van der Waals surface area contributed by atoms with Crippen LogP contribution in [0.5, 0.6) is 0 Å². The van der Waals surface area contributed by atoms with E-state index in [1.54, 1.807) is 27.7 Å². The van der Waals surface area contributed by atoms with Gasteiger partial charge in [0, 0.05) is 57.3 Å². The molecule has 1 saturated heterocycles. The molecule has 8 nitrogen and oxygen atoms in total. The number of nitrogens with zero attached hydrogens (tertiary/aromatic N) is 2. The molecule has 2 aliphatic rings. The molecule has 2 aliphatic heterocycles. The summed E-state index contributed by atoms with van der Waals surface area (Å²) in [4.78, 5) is 13.5. The molecule has 0 bridgehead atoms. The van der Waals surface area contributed by atoms with Gasteiger partial charge in [0.05, 0.1) is 5.70 Å². The predicted molar refractivity (Wildman–Crippen MR) is 180 cm³/mol. The fourth-order valence-corrected chi connectivity index (χ4v) is 8.45. The van der Waals surface area contributed by atoms with Crippen molar-refractivity contribution in [2.75, 3.05) is 26.2 Å². The lowest BCUT2D eigenvalue weighted by molar-refractivity contribution is -0.120. The van der Waals surface area contributed by atoms with E-state index in [1.807, 2.05) is 31.2 Å². The third kappa shape index (κ3) is 8.39. The second-order valence-corrected chi connectivity index (χ2v) is 14.2. The van der Waals surface area contributed by atoms with E-state index in [0.717, 1.165) is 17.4 Å². The summed E-state index contributed by atoms with van der Waals surface area (Å²) in [7, 11) is -3.71. The Kier molecular flexibility index (Phi) is 11.3. The Morgan fingerprint density at radius 2 is 1.79 bits per heavy atom. The number of fused-ring (bicyclic) bond motifs is 1. The lowest BCUT2D eigenvalue weighted by atomic mass is 9.87. The summed E-state index contributed by atoms with van der Waals surface area (Å²) in [6.07, 6.45) is 3.33. The van der Waals surface area contributed by atoms with E-state index in [1.165, 1.54) is 29.8 Å². The molecule has 2 atom stereocenters. The fourth-order valence-electron chi connectivity index (χ4n) is 6.65. The molecular weight excluding hydrogens is 620 g/mol. The second-order valence-electron chi connectivity index (χ2n) is 12.3. The minimum absolute atomic E-state index is 0.0413. The Balaban J connectivity index is 1.30. The number of rotatable bonds is 12. The van der Waals surface area contributed by atoms with Gasteiger partial charge in [-0.2, -0.15) is 17.0 Å². The summed E-state index contributed by atoms with van der Waals surface area (Å²) >= 11 is 0. The maximum absolute atomic E-state index is 14.4. The van der Waals surface area contributed by atoms with Gasteiger partial charge < -0.3 is 16.0 Å². The van der Waals surface area contributed by atoms with E-state index in [9.17, 15) is 22.0 Å². The number of carbonyl (C=O) groups is 1. The molecule has 5 rings (SSSR count). The average molecular weight is 664 g/mol. The molecule has 3 N–H and O–H groups in total. The zero-order valence-corrected chi connectivity index (χ0v) is 27.8. The van der Waals surface area contributed by atoms with E-state index < -0.39 is 27.8 Å². The molecule has 0 aromatic heterocycles. The smallest absolute Gasteiger partial charge is 0.282 e. The number of carbonyl (C=O) groups excluding carboxylic acids is 1. The van der Waals surface area contributed by atoms with Crippen molar-refractivity contribution in [3.8, 4) is 0 Å². The number of amides is 1. The Bertz CT molecular complexity index is 1710. The number of aryl methyl sites for hydroxylation is 1. The largest absolute Gasteiger partial charge is 0.325 e. The summed E-state index contributed by atoms with van der Waals surface area (Å²) < 4.78 is 59.1. The first kappa shape index (κ1) is 34.6. The Hall–Kier alpha value is -3.77. The minimum atomic E-state index is -3.71. The number of hydrogen-bond acceptors (Lipinski definition) is 5. The Morgan fingerprint density at radius 1 is 1.04 bits per heavy atom. The van der Waals surface area contributed by atoms with Crippen molar-refractivity contribution in [3.05, 3.63) is 117 Å². The zero-order chi connectivity index (χ0) is 33.6. The summed E-state index contributed by atoms with van der Waals surface area (Å²) in [5.41, 5.74) is 5.41. The highest BCUT2D eigenvalue weighted by molar-refractivity contribution is 7.86. The van der Waals surface area contributed by atoms with Gasteiger partial charge in [0.25, 0.3) is 10.2 Å². The molecule has 11 heteroatoms. The summed E-state index contributed by atoms with van der Waals surface area (Å²) in [5, 5.41) is 14.3. The quantitative estimate of drug-likeness (QED) is 0.220. The van der Waals surface area contributed by atoms with Crippen LogP contribution in [0, 0.1) is 24.0 Å². The standard InChI is InChI=1S/C36H43F2N5O3S/c1-3-26(10-13-33-23-40-15-17-43(33)47(45,46)42-16-14-27-6-4-5-7-29(27)24-42)35(22-39)41-36(44)21-34(28-8-11-31(37)12-9-28)30-18-25(2)19-32(38)20-30/h4-9,11-12,18-20,22,33-34,39-40H,3,10,13-17,21,23-24H2,1-2H3,(H,41,44)/b35-26-,39-22?/t33-,34-/m0/s1. The number of nitrogens with one attached hydrogen (secondary N) is 3. The van der Waals surface area contributed by atoms with Gasteiger partial charge in [-0.1, -0.05) is 49.4 Å². The second kappa shape index (κ2) is 15.4. The normalized spacial score (nSPS) is 18.6. The van der Waals surface area contributed by atoms with Crippen LogP contribution in [-0.2, 0) is 28.0 Å². The molecule has 1 amide bonds. The summed E-state index contributed by atoms with van der Waals surface area (Å²) in [5.74, 6) is -1.72. The van der Waals surface area contributed by atoms with Gasteiger partial charge >= 0.3 is 0 Å². The van der Waals surface area contributed by atoms with Crippen molar-refractivity contribution in [2.45, 2.75) is 64.5 Å². The summed E-state index contributed by atoms with van der Waals surface area (Å²) in [6, 6.07) is 18.1. The van der Waals surface area contributed by atoms with E-state index in [0.29, 0.717) is 80.8 Å². The monoisotopic (exact) mass is 663 g/mol. The maximum Gasteiger partial charge on any atom is 0.282 e. The van der Waals surface area contributed by atoms with Crippen molar-refractivity contribution in [2.24, 2.45) is 0 Å². The van der Waals surface area contributed by atoms with Crippen LogP contribution in [0.2, 0.25) is 0 Å². The highest BCUT2D eigenvalue weighted by atomic mass is 32.2. The van der Waals surface area contributed by atoms with Gasteiger partial charge in [0.1, 0.15) is 11.6 Å². The first-order chi connectivity index (χ1) is 22.6. The van der Waals surface area contributed by atoms with Crippen LogP contribution in [0.15, 0.2) is 78.0 Å². The number of allylic oxidation sites excluding steroid dienone is 2. The fraction of sp³-hybridized carbons (Fsp3) is 0.389. The van der Waals surface area contributed by atoms with Gasteiger partial charge in [0.2, 0.25) is 5.91 Å². The number of halogens is 2. The van der Waals surface area contributed by atoms with E-state index in [2.05, 4.69) is 16.7 Å². The molecule has 3 aromatic carbocycles. The van der Waals surface area contributed by atoms with Gasteiger partial charge in [-0.25, -0.2) is 8.78 Å². The molecule has 2 heterocycles. The van der Waals surface area contributed by atoms with Gasteiger partial charge in [0.15, 0.2) is 0 Å². The van der Waals surface area contributed by atoms with Crippen LogP contribution in [0.1, 0.15) is 66.3 Å². The molecule has 47 heavy (non-hydrogen) atoms. The third-order valence-corrected chi connectivity index (χ3v) is 11.2. The Labute approximate surface area is 276 Å². The lowest BCUT2D eigenvalue weighted by Crippen LogP contribution is -2.57. The molecular formula is C36H43F2N5O3S. The number of piperazine rings is 1. The van der Waals surface area contributed by atoms with Crippen molar-refractivity contribution in [1.82, 2.24) is 19.2 Å². The zero-order valence-electron chi connectivity index (χ0n) is 26.9. The molecule has 250 valence electrons. The van der Waals surface area contributed by atoms with Gasteiger partial charge in [-0.05, 0) is 90.3 Å². The van der Waals surface area contributed by atoms with Crippen molar-refractivity contribution >= 4 is 22.3 Å². The maximum atomic E-state index is 14.4. The number of benzene rings is 3. The van der Waals surface area contributed by atoms with Crippen molar-refractivity contribution in [1.29, 1.82) is 5.41 Å². The predicted octanol–water partition coefficient (Wildman–Crippen LogP) is 5.58. The number of hydrogen-bond donors (Lipinski definition) is 3. The molecule has 0 aliphatic carbocycles. The third-order valence-electron chi connectivity index (χ3n) is 9.15. The highest BCUT2D eigenvalue weighted by Crippen LogP contribution is 2.31. The van der Waals surface area contributed by atoms with E-state index in [-0.39, 0.29) is 18.4 Å². The van der Waals surface area contributed by atoms with Crippen LogP contribution in [0.25, 0.3) is 0 Å². The molecule has 0 spiro atoms. The lowest BCUT2D eigenvalue weighted by Gasteiger charge is -2.39.